The predicted molar refractivity (Wildman–Crippen MR) is 133 cm³/mol. The summed E-state index contributed by atoms with van der Waals surface area (Å²) < 4.78 is 5.61. The van der Waals surface area contributed by atoms with Crippen LogP contribution in [0.1, 0.15) is 50.7 Å². The number of rotatable bonds is 8. The Bertz CT molecular complexity index is 1050. The summed E-state index contributed by atoms with van der Waals surface area (Å²) in [6, 6.07) is 16.0. The number of amides is 2. The number of hydrogen-bond acceptors (Lipinski definition) is 4. The Morgan fingerprint density at radius 3 is 2.20 bits per heavy atom. The van der Waals surface area contributed by atoms with E-state index in [2.05, 4.69) is 29.6 Å². The van der Waals surface area contributed by atoms with Crippen LogP contribution in [0.25, 0.3) is 11.1 Å². The van der Waals surface area contributed by atoms with Crippen LogP contribution < -0.4 is 5.32 Å². The van der Waals surface area contributed by atoms with Gasteiger partial charge in [-0.05, 0) is 41.0 Å². The van der Waals surface area contributed by atoms with Crippen LogP contribution >= 0.6 is 0 Å². The van der Waals surface area contributed by atoms with Crippen molar-refractivity contribution < 1.29 is 24.2 Å². The predicted octanol–water partition coefficient (Wildman–Crippen LogP) is 4.51. The Hall–Kier alpha value is -3.35. The number of aliphatic carboxylic acids is 1. The molecule has 2 aromatic rings. The number of carbonyl (C=O) groups is 3. The number of ether oxygens (including phenoxy) is 1. The second-order valence-corrected chi connectivity index (χ2v) is 9.80. The van der Waals surface area contributed by atoms with Gasteiger partial charge in [0.2, 0.25) is 5.91 Å². The number of nitrogens with one attached hydrogen (secondary N) is 1. The molecule has 2 aromatic carbocycles. The molecule has 1 aliphatic heterocycles. The Balaban J connectivity index is 1.37. The Labute approximate surface area is 206 Å². The van der Waals surface area contributed by atoms with Gasteiger partial charge in [-0.25, -0.2) is 4.79 Å². The van der Waals surface area contributed by atoms with Crippen molar-refractivity contribution in [2.24, 2.45) is 17.8 Å². The lowest BCUT2D eigenvalue weighted by molar-refractivity contribution is -0.144. The van der Waals surface area contributed by atoms with E-state index in [-0.39, 0.29) is 36.9 Å². The van der Waals surface area contributed by atoms with Crippen LogP contribution in [0.4, 0.5) is 4.79 Å². The maximum absolute atomic E-state index is 13.3. The second-order valence-electron chi connectivity index (χ2n) is 9.80. The summed E-state index contributed by atoms with van der Waals surface area (Å²) in [4.78, 5) is 39.2. The van der Waals surface area contributed by atoms with Crippen LogP contribution in [-0.2, 0) is 14.3 Å². The van der Waals surface area contributed by atoms with Crippen molar-refractivity contribution in [2.75, 3.05) is 19.7 Å². The molecular weight excluding hydrogens is 444 g/mol. The SMILES string of the molecule is CCC1C(C(=O)O)CCN1C(=O)C(CNC(=O)OCC1c2ccccc2-c2ccccc21)C(C)C. The summed E-state index contributed by atoms with van der Waals surface area (Å²) in [5.74, 6) is -1.99. The third-order valence-electron chi connectivity index (χ3n) is 7.50. The fourth-order valence-corrected chi connectivity index (χ4v) is 5.58. The summed E-state index contributed by atoms with van der Waals surface area (Å²) in [6.07, 6.45) is 0.500. The number of carboxylic acids is 1. The molecule has 2 aliphatic rings. The first-order chi connectivity index (χ1) is 16.8. The highest BCUT2D eigenvalue weighted by Crippen LogP contribution is 2.44. The molecule has 1 fully saturated rings. The molecule has 2 amide bonds. The summed E-state index contributed by atoms with van der Waals surface area (Å²) in [7, 11) is 0. The molecule has 0 radical (unpaired) electrons. The monoisotopic (exact) mass is 478 g/mol. The largest absolute Gasteiger partial charge is 0.481 e. The van der Waals surface area contributed by atoms with Gasteiger partial charge in [-0.2, -0.15) is 0 Å². The van der Waals surface area contributed by atoms with Crippen molar-refractivity contribution in [3.8, 4) is 11.1 Å². The van der Waals surface area contributed by atoms with E-state index >= 15 is 0 Å². The highest BCUT2D eigenvalue weighted by molar-refractivity contribution is 5.83. The summed E-state index contributed by atoms with van der Waals surface area (Å²) in [5, 5.41) is 12.3. The lowest BCUT2D eigenvalue weighted by Crippen LogP contribution is -2.47. The molecule has 35 heavy (non-hydrogen) atoms. The van der Waals surface area contributed by atoms with Gasteiger partial charge in [-0.15, -0.1) is 0 Å². The quantitative estimate of drug-likeness (QED) is 0.582. The number of benzene rings is 2. The average molecular weight is 479 g/mol. The second kappa shape index (κ2) is 10.5. The highest BCUT2D eigenvalue weighted by Gasteiger charge is 2.42. The molecule has 7 nitrogen and oxygen atoms in total. The van der Waals surface area contributed by atoms with Gasteiger partial charge in [0.25, 0.3) is 0 Å². The minimum atomic E-state index is -0.856. The van der Waals surface area contributed by atoms with Gasteiger partial charge in [0.1, 0.15) is 6.61 Å². The summed E-state index contributed by atoms with van der Waals surface area (Å²) in [5.41, 5.74) is 4.62. The first-order valence-electron chi connectivity index (χ1n) is 12.5. The lowest BCUT2D eigenvalue weighted by Gasteiger charge is -2.31. The number of hydrogen-bond donors (Lipinski definition) is 2. The fraction of sp³-hybridized carbons (Fsp3) is 0.464. The van der Waals surface area contributed by atoms with Gasteiger partial charge >= 0.3 is 12.1 Å². The molecule has 4 rings (SSSR count). The number of fused-ring (bicyclic) bond motifs is 3. The third-order valence-corrected chi connectivity index (χ3v) is 7.50. The normalized spacial score (nSPS) is 19.8. The van der Waals surface area contributed by atoms with Gasteiger partial charge in [-0.1, -0.05) is 69.3 Å². The molecule has 0 aromatic heterocycles. The maximum Gasteiger partial charge on any atom is 0.407 e. The van der Waals surface area contributed by atoms with Crippen LogP contribution in [0.2, 0.25) is 0 Å². The van der Waals surface area contributed by atoms with Crippen LogP contribution in [0.3, 0.4) is 0 Å². The van der Waals surface area contributed by atoms with E-state index in [1.165, 1.54) is 11.1 Å². The van der Waals surface area contributed by atoms with Crippen molar-refractivity contribution in [2.45, 2.75) is 45.6 Å². The van der Waals surface area contributed by atoms with Crippen molar-refractivity contribution in [3.63, 3.8) is 0 Å². The lowest BCUT2D eigenvalue weighted by atomic mass is 9.92. The average Bonchev–Trinajstić information content (AvgIpc) is 3.42. The molecule has 3 unspecified atom stereocenters. The van der Waals surface area contributed by atoms with Gasteiger partial charge in [0, 0.05) is 25.0 Å². The van der Waals surface area contributed by atoms with Crippen LogP contribution in [0.5, 0.6) is 0 Å². The maximum atomic E-state index is 13.3. The number of carboxylic acid groups (broad SMARTS) is 1. The molecule has 7 heteroatoms. The van der Waals surface area contributed by atoms with E-state index in [1.54, 1.807) is 4.90 Å². The Kier molecular flexibility index (Phi) is 7.43. The van der Waals surface area contributed by atoms with Crippen LogP contribution in [0.15, 0.2) is 48.5 Å². The minimum absolute atomic E-state index is 0.0160. The van der Waals surface area contributed by atoms with Crippen LogP contribution in [-0.4, -0.2) is 53.7 Å². The number of likely N-dealkylation sites (tertiary alicyclic amines) is 1. The van der Waals surface area contributed by atoms with E-state index in [1.807, 2.05) is 45.0 Å². The van der Waals surface area contributed by atoms with Crippen molar-refractivity contribution in [3.05, 3.63) is 59.7 Å². The van der Waals surface area contributed by atoms with Gasteiger partial charge in [-0.3, -0.25) is 9.59 Å². The van der Waals surface area contributed by atoms with E-state index in [9.17, 15) is 19.5 Å². The highest BCUT2D eigenvalue weighted by atomic mass is 16.5. The van der Waals surface area contributed by atoms with E-state index in [0.29, 0.717) is 19.4 Å². The topological polar surface area (TPSA) is 95.9 Å². The number of alkyl carbamates (subject to hydrolysis) is 1. The zero-order chi connectivity index (χ0) is 25.1. The number of nitrogens with zero attached hydrogens (tertiary/aromatic N) is 1. The molecule has 3 atom stereocenters. The molecular formula is C28H34N2O5. The molecule has 0 spiro atoms. The first kappa shape index (κ1) is 24.8. The van der Waals surface area contributed by atoms with Gasteiger partial charge in [0.05, 0.1) is 11.8 Å². The molecule has 1 saturated heterocycles. The van der Waals surface area contributed by atoms with Gasteiger partial charge < -0.3 is 20.1 Å². The Morgan fingerprint density at radius 1 is 1.06 bits per heavy atom. The minimum Gasteiger partial charge on any atom is -0.481 e. The Morgan fingerprint density at radius 2 is 1.66 bits per heavy atom. The smallest absolute Gasteiger partial charge is 0.407 e. The fourth-order valence-electron chi connectivity index (χ4n) is 5.58. The van der Waals surface area contributed by atoms with Crippen molar-refractivity contribution >= 4 is 18.0 Å². The van der Waals surface area contributed by atoms with E-state index in [0.717, 1.165) is 11.1 Å². The van der Waals surface area contributed by atoms with Crippen molar-refractivity contribution in [1.82, 2.24) is 10.2 Å². The van der Waals surface area contributed by atoms with Crippen molar-refractivity contribution in [1.29, 1.82) is 0 Å². The molecule has 186 valence electrons. The molecule has 1 aliphatic carbocycles. The molecule has 0 saturated carbocycles. The number of carbonyl (C=O) groups excluding carboxylic acids is 2. The zero-order valence-electron chi connectivity index (χ0n) is 20.6. The first-order valence-corrected chi connectivity index (χ1v) is 12.5. The zero-order valence-corrected chi connectivity index (χ0v) is 20.6. The summed E-state index contributed by atoms with van der Waals surface area (Å²) >= 11 is 0. The summed E-state index contributed by atoms with van der Waals surface area (Å²) in [6.45, 7) is 6.58. The molecule has 2 N–H and O–H groups in total. The van der Waals surface area contributed by atoms with E-state index < -0.39 is 23.9 Å². The molecule has 1 heterocycles. The van der Waals surface area contributed by atoms with E-state index in [4.69, 9.17) is 4.74 Å². The van der Waals surface area contributed by atoms with Gasteiger partial charge in [0.15, 0.2) is 0 Å². The molecule has 0 bridgehead atoms. The third kappa shape index (κ3) is 4.90. The van der Waals surface area contributed by atoms with Crippen LogP contribution in [0, 0.1) is 17.8 Å². The standard InChI is InChI=1S/C28H34N2O5/c1-4-25-22(27(32)33)13-14-30(25)26(31)23(17(2)3)15-29-28(34)35-16-24-20-11-7-5-9-18(20)19-10-6-8-12-21(19)24/h5-12,17,22-25H,4,13-16H2,1-3H3,(H,29,34)(H,32,33).